The van der Waals surface area contributed by atoms with Crippen molar-refractivity contribution in [1.29, 1.82) is 0 Å². The number of carboxylic acid groups (broad SMARTS) is 1. The van der Waals surface area contributed by atoms with Gasteiger partial charge in [-0.3, -0.25) is 9.59 Å². The SMILES string of the molecule is CCC(CNC(=O)C(CCC(C)C)NC(=O)OCC1c2ccccc2-c2ccccc21)C(=O)O. The second-order valence-electron chi connectivity index (χ2n) is 9.18. The van der Waals surface area contributed by atoms with Gasteiger partial charge in [0, 0.05) is 12.5 Å². The highest BCUT2D eigenvalue weighted by molar-refractivity contribution is 5.86. The topological polar surface area (TPSA) is 105 Å². The van der Waals surface area contributed by atoms with Crippen molar-refractivity contribution in [2.45, 2.75) is 52.0 Å². The molecule has 0 radical (unpaired) electrons. The molecule has 0 saturated heterocycles. The zero-order valence-electron chi connectivity index (χ0n) is 20.0. The zero-order chi connectivity index (χ0) is 24.7. The van der Waals surface area contributed by atoms with Crippen LogP contribution >= 0.6 is 0 Å². The van der Waals surface area contributed by atoms with Crippen LogP contribution in [0.15, 0.2) is 48.5 Å². The average Bonchev–Trinajstić information content (AvgIpc) is 3.14. The summed E-state index contributed by atoms with van der Waals surface area (Å²) in [5.41, 5.74) is 4.52. The van der Waals surface area contributed by atoms with Crippen LogP contribution in [0.2, 0.25) is 0 Å². The van der Waals surface area contributed by atoms with Crippen LogP contribution in [0.25, 0.3) is 11.1 Å². The third-order valence-electron chi connectivity index (χ3n) is 6.35. The third-order valence-corrected chi connectivity index (χ3v) is 6.35. The molecule has 2 aromatic rings. The second-order valence-corrected chi connectivity index (χ2v) is 9.18. The Balaban J connectivity index is 1.63. The molecule has 0 fully saturated rings. The van der Waals surface area contributed by atoms with E-state index in [0.29, 0.717) is 18.8 Å². The summed E-state index contributed by atoms with van der Waals surface area (Å²) >= 11 is 0. The van der Waals surface area contributed by atoms with Crippen molar-refractivity contribution in [3.05, 3.63) is 59.7 Å². The number of rotatable bonds is 11. The summed E-state index contributed by atoms with van der Waals surface area (Å²) in [7, 11) is 0. The van der Waals surface area contributed by atoms with Gasteiger partial charge in [0.25, 0.3) is 0 Å². The molecule has 7 heteroatoms. The summed E-state index contributed by atoms with van der Waals surface area (Å²) in [6, 6.07) is 15.4. The van der Waals surface area contributed by atoms with E-state index in [1.54, 1.807) is 6.92 Å². The Kier molecular flexibility index (Phi) is 8.68. The minimum absolute atomic E-state index is 0.0230. The van der Waals surface area contributed by atoms with E-state index in [9.17, 15) is 19.5 Å². The normalized spacial score (nSPS) is 14.1. The standard InChI is InChI=1S/C27H34N2O5/c1-4-18(26(31)32)15-28-25(30)24(14-13-17(2)3)29-27(33)34-16-23-21-11-7-5-9-19(21)20-10-6-8-12-22(20)23/h5-12,17-18,23-24H,4,13-16H2,1-3H3,(H,28,30)(H,29,33)(H,31,32). The van der Waals surface area contributed by atoms with E-state index in [1.807, 2.05) is 50.2 Å². The molecule has 34 heavy (non-hydrogen) atoms. The maximum atomic E-state index is 12.7. The van der Waals surface area contributed by atoms with Crippen LogP contribution in [0.4, 0.5) is 4.79 Å². The molecule has 7 nitrogen and oxygen atoms in total. The lowest BCUT2D eigenvalue weighted by molar-refractivity contribution is -0.141. The predicted octanol–water partition coefficient (Wildman–Crippen LogP) is 4.56. The smallest absolute Gasteiger partial charge is 0.407 e. The van der Waals surface area contributed by atoms with Gasteiger partial charge in [-0.05, 0) is 47.4 Å². The zero-order valence-corrected chi connectivity index (χ0v) is 20.0. The first-order valence-electron chi connectivity index (χ1n) is 11.9. The number of nitrogens with one attached hydrogen (secondary N) is 2. The first-order chi connectivity index (χ1) is 16.3. The monoisotopic (exact) mass is 466 g/mol. The molecule has 0 heterocycles. The Labute approximate surface area is 200 Å². The maximum absolute atomic E-state index is 12.7. The molecular weight excluding hydrogens is 432 g/mol. The van der Waals surface area contributed by atoms with Crippen LogP contribution in [-0.2, 0) is 14.3 Å². The van der Waals surface area contributed by atoms with Gasteiger partial charge >= 0.3 is 12.1 Å². The molecule has 182 valence electrons. The van der Waals surface area contributed by atoms with Crippen molar-refractivity contribution in [1.82, 2.24) is 10.6 Å². The number of fused-ring (bicyclic) bond motifs is 3. The van der Waals surface area contributed by atoms with E-state index in [0.717, 1.165) is 28.7 Å². The summed E-state index contributed by atoms with van der Waals surface area (Å²) in [6.07, 6.45) is 0.928. The van der Waals surface area contributed by atoms with Gasteiger partial charge in [-0.25, -0.2) is 4.79 Å². The molecule has 1 aliphatic carbocycles. The molecule has 0 saturated carbocycles. The van der Waals surface area contributed by atoms with Crippen LogP contribution in [0.1, 0.15) is 57.1 Å². The van der Waals surface area contributed by atoms with Gasteiger partial charge in [0.15, 0.2) is 0 Å². The summed E-state index contributed by atoms with van der Waals surface area (Å²) in [6.45, 7) is 6.03. The predicted molar refractivity (Wildman–Crippen MR) is 130 cm³/mol. The number of hydrogen-bond acceptors (Lipinski definition) is 4. The van der Waals surface area contributed by atoms with Gasteiger partial charge in [0.1, 0.15) is 12.6 Å². The lowest BCUT2D eigenvalue weighted by Crippen LogP contribution is -2.48. The fraction of sp³-hybridized carbons (Fsp3) is 0.444. The van der Waals surface area contributed by atoms with Crippen molar-refractivity contribution < 1.29 is 24.2 Å². The molecular formula is C27H34N2O5. The van der Waals surface area contributed by atoms with Crippen molar-refractivity contribution >= 4 is 18.0 Å². The molecule has 2 aromatic carbocycles. The highest BCUT2D eigenvalue weighted by atomic mass is 16.5. The number of ether oxygens (including phenoxy) is 1. The van der Waals surface area contributed by atoms with Gasteiger partial charge < -0.3 is 20.5 Å². The highest BCUT2D eigenvalue weighted by Crippen LogP contribution is 2.44. The number of hydrogen-bond donors (Lipinski definition) is 3. The Morgan fingerprint density at radius 2 is 1.56 bits per heavy atom. The summed E-state index contributed by atoms with van der Waals surface area (Å²) < 4.78 is 5.59. The maximum Gasteiger partial charge on any atom is 0.407 e. The molecule has 0 bridgehead atoms. The largest absolute Gasteiger partial charge is 0.481 e. The fourth-order valence-electron chi connectivity index (χ4n) is 4.30. The first kappa shape index (κ1) is 25.3. The van der Waals surface area contributed by atoms with Gasteiger partial charge in [0.05, 0.1) is 5.92 Å². The molecule has 0 aliphatic heterocycles. The molecule has 2 unspecified atom stereocenters. The van der Waals surface area contributed by atoms with Gasteiger partial charge in [0.2, 0.25) is 5.91 Å². The van der Waals surface area contributed by atoms with Crippen molar-refractivity contribution in [2.24, 2.45) is 11.8 Å². The quantitative estimate of drug-likeness (QED) is 0.450. The summed E-state index contributed by atoms with van der Waals surface area (Å²) in [4.78, 5) is 36.7. The second kappa shape index (κ2) is 11.7. The number of aliphatic carboxylic acids is 1. The van der Waals surface area contributed by atoms with E-state index in [4.69, 9.17) is 4.74 Å². The molecule has 3 rings (SSSR count). The number of alkyl carbamates (subject to hydrolysis) is 1. The Morgan fingerprint density at radius 1 is 0.971 bits per heavy atom. The van der Waals surface area contributed by atoms with Crippen LogP contribution < -0.4 is 10.6 Å². The van der Waals surface area contributed by atoms with E-state index in [1.165, 1.54) is 0 Å². The van der Waals surface area contributed by atoms with Crippen molar-refractivity contribution in [2.75, 3.05) is 13.2 Å². The van der Waals surface area contributed by atoms with E-state index >= 15 is 0 Å². The number of carboxylic acids is 1. The van der Waals surface area contributed by atoms with E-state index in [-0.39, 0.29) is 19.1 Å². The van der Waals surface area contributed by atoms with Gasteiger partial charge in [-0.1, -0.05) is 69.3 Å². The van der Waals surface area contributed by atoms with E-state index in [2.05, 4.69) is 22.8 Å². The third kappa shape index (κ3) is 6.16. The highest BCUT2D eigenvalue weighted by Gasteiger charge is 2.30. The van der Waals surface area contributed by atoms with Crippen LogP contribution in [0.5, 0.6) is 0 Å². The molecule has 0 aromatic heterocycles. The minimum atomic E-state index is -0.953. The lowest BCUT2D eigenvalue weighted by Gasteiger charge is -2.21. The Morgan fingerprint density at radius 3 is 2.09 bits per heavy atom. The fourth-order valence-corrected chi connectivity index (χ4v) is 4.30. The van der Waals surface area contributed by atoms with E-state index < -0.39 is 29.9 Å². The molecule has 1 aliphatic rings. The number of carbonyl (C=O) groups excluding carboxylic acids is 2. The van der Waals surface area contributed by atoms with Crippen molar-refractivity contribution in [3.63, 3.8) is 0 Å². The molecule has 3 N–H and O–H groups in total. The molecule has 2 amide bonds. The van der Waals surface area contributed by atoms with Crippen LogP contribution in [0.3, 0.4) is 0 Å². The van der Waals surface area contributed by atoms with Crippen LogP contribution in [0, 0.1) is 11.8 Å². The first-order valence-corrected chi connectivity index (χ1v) is 11.9. The number of carbonyl (C=O) groups is 3. The van der Waals surface area contributed by atoms with Crippen LogP contribution in [-0.4, -0.2) is 42.3 Å². The minimum Gasteiger partial charge on any atom is -0.481 e. The lowest BCUT2D eigenvalue weighted by atomic mass is 9.98. The molecule has 2 atom stereocenters. The Hall–Kier alpha value is -3.35. The van der Waals surface area contributed by atoms with Gasteiger partial charge in [-0.15, -0.1) is 0 Å². The summed E-state index contributed by atoms with van der Waals surface area (Å²) in [5.74, 6) is -1.73. The van der Waals surface area contributed by atoms with Crippen molar-refractivity contribution in [3.8, 4) is 11.1 Å². The Bertz CT molecular complexity index is 974. The van der Waals surface area contributed by atoms with Gasteiger partial charge in [-0.2, -0.15) is 0 Å². The number of benzene rings is 2. The average molecular weight is 467 g/mol. The molecule has 0 spiro atoms. The summed E-state index contributed by atoms with van der Waals surface area (Å²) in [5, 5.41) is 14.6. The number of amides is 2.